The second-order valence-electron chi connectivity index (χ2n) is 3.47. The molecule has 0 aliphatic rings. The van der Waals surface area contributed by atoms with Crippen LogP contribution in [0.1, 0.15) is 6.92 Å². The number of anilines is 1. The van der Waals surface area contributed by atoms with Crippen LogP contribution in [0, 0.1) is 0 Å². The number of hydrogen-bond acceptors (Lipinski definition) is 2. The van der Waals surface area contributed by atoms with E-state index in [0.717, 1.165) is 11.0 Å². The van der Waals surface area contributed by atoms with Gasteiger partial charge in [0.25, 0.3) is 0 Å². The van der Waals surface area contributed by atoms with Gasteiger partial charge in [0.2, 0.25) is 11.9 Å². The molecule has 1 aromatic heterocycles. The normalized spacial score (nSPS) is 11.1. The van der Waals surface area contributed by atoms with Gasteiger partial charge < -0.3 is 4.57 Å². The number of fused-ring (bicyclic) bond motifs is 1. The van der Waals surface area contributed by atoms with Crippen molar-refractivity contribution in [3.05, 3.63) is 36.4 Å². The number of rotatable bonds is 2. The van der Waals surface area contributed by atoms with E-state index in [1.807, 2.05) is 35.9 Å². The maximum absolute atomic E-state index is 11.4. The smallest absolute Gasteiger partial charge is 0.250 e. The van der Waals surface area contributed by atoms with Crippen molar-refractivity contribution < 1.29 is 4.79 Å². The quantitative estimate of drug-likeness (QED) is 0.780. The Hall–Kier alpha value is -2.10. The highest BCUT2D eigenvalue weighted by Gasteiger charge is 2.07. The molecule has 0 aliphatic carbocycles. The van der Waals surface area contributed by atoms with Crippen molar-refractivity contribution in [2.24, 2.45) is 7.05 Å². The molecule has 1 amide bonds. The zero-order valence-corrected chi connectivity index (χ0v) is 9.27. The molecule has 0 radical (unpaired) electrons. The first kappa shape index (κ1) is 10.4. The number of aromatic nitrogens is 2. The molecule has 1 aromatic carbocycles. The summed E-state index contributed by atoms with van der Waals surface area (Å²) in [5.41, 5.74) is 1.87. The number of aryl methyl sites for hydroxylation is 1. The van der Waals surface area contributed by atoms with Crippen molar-refractivity contribution in [3.63, 3.8) is 0 Å². The molecule has 1 heterocycles. The average molecular weight is 215 g/mol. The summed E-state index contributed by atoms with van der Waals surface area (Å²) < 4.78 is 1.86. The van der Waals surface area contributed by atoms with Gasteiger partial charge in [0.05, 0.1) is 11.0 Å². The van der Waals surface area contributed by atoms with Crippen molar-refractivity contribution in [2.75, 3.05) is 5.32 Å². The molecule has 2 aromatic rings. The number of carbonyl (C=O) groups is 1. The molecular formula is C12H13N3O. The molecule has 0 bridgehead atoms. The third-order valence-electron chi connectivity index (χ3n) is 2.34. The highest BCUT2D eigenvalue weighted by atomic mass is 16.1. The SMILES string of the molecule is C/C=C/C(=O)Nc1nc2ccccc2n1C. The van der Waals surface area contributed by atoms with Gasteiger partial charge in [0.15, 0.2) is 0 Å². The number of nitrogens with zero attached hydrogens (tertiary/aromatic N) is 2. The average Bonchev–Trinajstić information content (AvgIpc) is 2.57. The zero-order chi connectivity index (χ0) is 11.5. The van der Waals surface area contributed by atoms with Crippen LogP contribution < -0.4 is 5.32 Å². The van der Waals surface area contributed by atoms with Crippen LogP contribution in [0.25, 0.3) is 11.0 Å². The number of imidazole rings is 1. The van der Waals surface area contributed by atoms with Gasteiger partial charge in [-0.2, -0.15) is 0 Å². The first-order chi connectivity index (χ1) is 7.72. The Labute approximate surface area is 93.6 Å². The summed E-state index contributed by atoms with van der Waals surface area (Å²) in [7, 11) is 1.88. The first-order valence-electron chi connectivity index (χ1n) is 5.07. The van der Waals surface area contributed by atoms with E-state index in [1.165, 1.54) is 6.08 Å². The van der Waals surface area contributed by atoms with Gasteiger partial charge in [-0.25, -0.2) is 4.98 Å². The Balaban J connectivity index is 2.38. The summed E-state index contributed by atoms with van der Waals surface area (Å²) in [6.07, 6.45) is 3.16. The van der Waals surface area contributed by atoms with Gasteiger partial charge in [-0.05, 0) is 25.1 Å². The number of allylic oxidation sites excluding steroid dienone is 1. The van der Waals surface area contributed by atoms with E-state index in [-0.39, 0.29) is 5.91 Å². The third-order valence-corrected chi connectivity index (χ3v) is 2.34. The van der Waals surface area contributed by atoms with Gasteiger partial charge in [-0.15, -0.1) is 0 Å². The number of carbonyl (C=O) groups excluding carboxylic acids is 1. The zero-order valence-electron chi connectivity index (χ0n) is 9.27. The van der Waals surface area contributed by atoms with Crippen molar-refractivity contribution in [3.8, 4) is 0 Å². The van der Waals surface area contributed by atoms with E-state index in [4.69, 9.17) is 0 Å². The lowest BCUT2D eigenvalue weighted by Gasteiger charge is -2.01. The predicted molar refractivity (Wildman–Crippen MR) is 64.2 cm³/mol. The molecule has 2 rings (SSSR count). The van der Waals surface area contributed by atoms with Crippen LogP contribution in [0.3, 0.4) is 0 Å². The molecule has 4 heteroatoms. The van der Waals surface area contributed by atoms with Crippen molar-refractivity contribution in [1.82, 2.24) is 9.55 Å². The Kier molecular flexibility index (Phi) is 2.72. The van der Waals surface area contributed by atoms with E-state index in [1.54, 1.807) is 13.0 Å². The topological polar surface area (TPSA) is 46.9 Å². The molecule has 0 fully saturated rings. The summed E-state index contributed by atoms with van der Waals surface area (Å²) in [5.74, 6) is 0.394. The molecule has 1 N–H and O–H groups in total. The van der Waals surface area contributed by atoms with Crippen LogP contribution in [0.5, 0.6) is 0 Å². The molecule has 0 unspecified atom stereocenters. The van der Waals surface area contributed by atoms with Crippen LogP contribution in [0.15, 0.2) is 36.4 Å². The van der Waals surface area contributed by atoms with E-state index in [2.05, 4.69) is 10.3 Å². The number of para-hydroxylation sites is 2. The van der Waals surface area contributed by atoms with E-state index in [0.29, 0.717) is 5.95 Å². The molecule has 0 spiro atoms. The number of nitrogens with one attached hydrogen (secondary N) is 1. The Morgan fingerprint density at radius 3 is 2.88 bits per heavy atom. The van der Waals surface area contributed by atoms with Crippen LogP contribution in [-0.4, -0.2) is 15.5 Å². The summed E-state index contributed by atoms with van der Waals surface area (Å²) in [6, 6.07) is 7.75. The van der Waals surface area contributed by atoms with Crippen LogP contribution in [0.2, 0.25) is 0 Å². The Morgan fingerprint density at radius 1 is 1.44 bits per heavy atom. The number of amides is 1. The predicted octanol–water partition coefficient (Wildman–Crippen LogP) is 2.09. The minimum atomic E-state index is -0.166. The van der Waals surface area contributed by atoms with Crippen LogP contribution >= 0.6 is 0 Å². The van der Waals surface area contributed by atoms with Gasteiger partial charge in [0.1, 0.15) is 0 Å². The molecule has 0 saturated heterocycles. The molecule has 0 atom stereocenters. The number of hydrogen-bond donors (Lipinski definition) is 1. The molecule has 82 valence electrons. The summed E-state index contributed by atoms with van der Waals surface area (Å²) in [4.78, 5) is 15.7. The lowest BCUT2D eigenvalue weighted by Crippen LogP contribution is -2.11. The first-order valence-corrected chi connectivity index (χ1v) is 5.07. The second-order valence-corrected chi connectivity index (χ2v) is 3.47. The fourth-order valence-corrected chi connectivity index (χ4v) is 1.56. The van der Waals surface area contributed by atoms with Crippen molar-refractivity contribution in [2.45, 2.75) is 6.92 Å². The van der Waals surface area contributed by atoms with Gasteiger partial charge >= 0.3 is 0 Å². The lowest BCUT2D eigenvalue weighted by atomic mass is 10.3. The van der Waals surface area contributed by atoms with Gasteiger partial charge in [-0.1, -0.05) is 18.2 Å². The van der Waals surface area contributed by atoms with E-state index >= 15 is 0 Å². The van der Waals surface area contributed by atoms with Gasteiger partial charge in [0, 0.05) is 7.05 Å². The number of benzene rings is 1. The lowest BCUT2D eigenvalue weighted by molar-refractivity contribution is -0.112. The van der Waals surface area contributed by atoms with Crippen molar-refractivity contribution in [1.29, 1.82) is 0 Å². The monoisotopic (exact) mass is 215 g/mol. The third kappa shape index (κ3) is 1.82. The largest absolute Gasteiger partial charge is 0.313 e. The molecule has 0 aliphatic heterocycles. The van der Waals surface area contributed by atoms with Gasteiger partial charge in [-0.3, -0.25) is 10.1 Å². The minimum Gasteiger partial charge on any atom is -0.313 e. The summed E-state index contributed by atoms with van der Waals surface area (Å²) in [5, 5.41) is 2.73. The maximum atomic E-state index is 11.4. The molecule has 0 saturated carbocycles. The van der Waals surface area contributed by atoms with Crippen LogP contribution in [0.4, 0.5) is 5.95 Å². The summed E-state index contributed by atoms with van der Waals surface area (Å²) >= 11 is 0. The fourth-order valence-electron chi connectivity index (χ4n) is 1.56. The Morgan fingerprint density at radius 2 is 2.19 bits per heavy atom. The minimum absolute atomic E-state index is 0.166. The fraction of sp³-hybridized carbons (Fsp3) is 0.167. The Bertz CT molecular complexity index is 554. The molecule has 4 nitrogen and oxygen atoms in total. The highest BCUT2D eigenvalue weighted by Crippen LogP contribution is 2.17. The van der Waals surface area contributed by atoms with Crippen molar-refractivity contribution >= 4 is 22.9 Å². The standard InChI is InChI=1S/C12H13N3O/c1-3-6-11(16)14-12-13-9-7-4-5-8-10(9)15(12)2/h3-8H,1-2H3,(H,13,14,16)/b6-3+. The highest BCUT2D eigenvalue weighted by molar-refractivity contribution is 5.99. The molecular weight excluding hydrogens is 202 g/mol. The summed E-state index contributed by atoms with van der Waals surface area (Å²) in [6.45, 7) is 1.80. The van der Waals surface area contributed by atoms with Crippen LogP contribution in [-0.2, 0) is 11.8 Å². The second kappa shape index (κ2) is 4.18. The van der Waals surface area contributed by atoms with E-state index in [9.17, 15) is 4.79 Å². The molecule has 16 heavy (non-hydrogen) atoms. The maximum Gasteiger partial charge on any atom is 0.250 e. The van der Waals surface area contributed by atoms with E-state index < -0.39 is 0 Å².